The van der Waals surface area contributed by atoms with Crippen LogP contribution in [0.15, 0.2) is 24.3 Å². The summed E-state index contributed by atoms with van der Waals surface area (Å²) in [7, 11) is 0. The van der Waals surface area contributed by atoms with Crippen LogP contribution in [0.1, 0.15) is 56.2 Å². The van der Waals surface area contributed by atoms with Crippen molar-refractivity contribution in [3.05, 3.63) is 35.4 Å². The van der Waals surface area contributed by atoms with Crippen LogP contribution in [-0.4, -0.2) is 6.04 Å². The van der Waals surface area contributed by atoms with E-state index in [1.807, 2.05) is 0 Å². The van der Waals surface area contributed by atoms with Crippen molar-refractivity contribution in [3.8, 4) is 0 Å². The minimum absolute atomic E-state index is 0.490. The summed E-state index contributed by atoms with van der Waals surface area (Å²) in [5, 5.41) is 3.78. The highest BCUT2D eigenvalue weighted by Crippen LogP contribution is 2.22. The Morgan fingerprint density at radius 1 is 1.12 bits per heavy atom. The maximum atomic E-state index is 3.78. The molecule has 1 nitrogen and oxygen atoms in total. The monoisotopic (exact) mass is 217 g/mol. The third kappa shape index (κ3) is 2.85. The lowest BCUT2D eigenvalue weighted by atomic mass is 9.93. The van der Waals surface area contributed by atoms with Crippen molar-refractivity contribution in [3.63, 3.8) is 0 Å². The fourth-order valence-corrected chi connectivity index (χ4v) is 2.79. The number of aryl methyl sites for hydroxylation is 1. The van der Waals surface area contributed by atoms with Gasteiger partial charge in [-0.05, 0) is 37.8 Å². The van der Waals surface area contributed by atoms with Gasteiger partial charge in [0.25, 0.3) is 0 Å². The summed E-state index contributed by atoms with van der Waals surface area (Å²) >= 11 is 0. The molecule has 0 heterocycles. The highest BCUT2D eigenvalue weighted by Gasteiger charge is 2.16. The molecule has 1 aromatic carbocycles. The van der Waals surface area contributed by atoms with E-state index in [0.717, 1.165) is 6.04 Å². The average molecular weight is 217 g/mol. The van der Waals surface area contributed by atoms with Crippen molar-refractivity contribution in [1.29, 1.82) is 0 Å². The second-order valence-corrected chi connectivity index (χ2v) is 5.08. The third-order valence-electron chi connectivity index (χ3n) is 3.75. The first-order chi connectivity index (χ1) is 7.77. The van der Waals surface area contributed by atoms with Crippen LogP contribution in [-0.2, 0) is 0 Å². The van der Waals surface area contributed by atoms with E-state index in [1.54, 1.807) is 0 Å². The maximum absolute atomic E-state index is 3.78. The first kappa shape index (κ1) is 11.7. The lowest BCUT2D eigenvalue weighted by Gasteiger charge is -2.27. The van der Waals surface area contributed by atoms with Gasteiger partial charge in [0.2, 0.25) is 0 Å². The first-order valence-corrected chi connectivity index (χ1v) is 6.59. The molecule has 1 heteroatoms. The standard InChI is InChI=1S/C15H23N/c1-12-8-6-7-11-15(12)13(2)16-14-9-4-3-5-10-14/h6-8,11,13-14,16H,3-5,9-10H2,1-2H3/t13-/m0/s1. The van der Waals surface area contributed by atoms with Gasteiger partial charge >= 0.3 is 0 Å². The van der Waals surface area contributed by atoms with Crippen LogP contribution in [0.3, 0.4) is 0 Å². The number of benzene rings is 1. The summed E-state index contributed by atoms with van der Waals surface area (Å²) in [6.07, 6.45) is 6.94. The van der Waals surface area contributed by atoms with Gasteiger partial charge < -0.3 is 5.32 Å². The van der Waals surface area contributed by atoms with Gasteiger partial charge in [0.1, 0.15) is 0 Å². The molecule has 1 saturated carbocycles. The van der Waals surface area contributed by atoms with Gasteiger partial charge in [-0.3, -0.25) is 0 Å². The molecule has 2 rings (SSSR count). The van der Waals surface area contributed by atoms with Gasteiger partial charge in [-0.25, -0.2) is 0 Å². The Bertz CT molecular complexity index is 326. The molecule has 0 aliphatic heterocycles. The zero-order valence-electron chi connectivity index (χ0n) is 10.5. The zero-order valence-corrected chi connectivity index (χ0v) is 10.5. The molecule has 0 radical (unpaired) electrons. The largest absolute Gasteiger partial charge is 0.307 e. The van der Waals surface area contributed by atoms with Crippen molar-refractivity contribution in [2.24, 2.45) is 0 Å². The van der Waals surface area contributed by atoms with Crippen LogP contribution in [0.25, 0.3) is 0 Å². The number of rotatable bonds is 3. The molecule has 0 saturated heterocycles. The van der Waals surface area contributed by atoms with E-state index in [-0.39, 0.29) is 0 Å². The SMILES string of the molecule is Cc1ccccc1[C@H](C)NC1CCCCC1. The molecule has 0 amide bonds. The van der Waals surface area contributed by atoms with Gasteiger partial charge in [-0.2, -0.15) is 0 Å². The van der Waals surface area contributed by atoms with Crippen molar-refractivity contribution in [2.75, 3.05) is 0 Å². The molecule has 0 bridgehead atoms. The summed E-state index contributed by atoms with van der Waals surface area (Å²) in [6, 6.07) is 9.94. The fraction of sp³-hybridized carbons (Fsp3) is 0.600. The van der Waals surface area contributed by atoms with Gasteiger partial charge in [-0.1, -0.05) is 43.5 Å². The van der Waals surface area contributed by atoms with Crippen LogP contribution in [0.5, 0.6) is 0 Å². The fourth-order valence-electron chi connectivity index (χ4n) is 2.79. The predicted molar refractivity (Wildman–Crippen MR) is 69.6 cm³/mol. The van der Waals surface area contributed by atoms with Crippen molar-refractivity contribution in [2.45, 2.75) is 58.0 Å². The molecule has 88 valence electrons. The molecule has 0 spiro atoms. The van der Waals surface area contributed by atoms with E-state index in [0.29, 0.717) is 6.04 Å². The Balaban J connectivity index is 1.96. The highest BCUT2D eigenvalue weighted by atomic mass is 14.9. The molecule has 1 aliphatic carbocycles. The Kier molecular flexibility index (Phi) is 4.00. The Labute approximate surface area is 99.3 Å². The molecular formula is C15H23N. The highest BCUT2D eigenvalue weighted by molar-refractivity contribution is 5.28. The summed E-state index contributed by atoms with van der Waals surface area (Å²) in [6.45, 7) is 4.49. The summed E-state index contributed by atoms with van der Waals surface area (Å²) in [5.41, 5.74) is 2.85. The van der Waals surface area contributed by atoms with Gasteiger partial charge in [0.15, 0.2) is 0 Å². The lowest BCUT2D eigenvalue weighted by Crippen LogP contribution is -2.33. The Morgan fingerprint density at radius 3 is 2.50 bits per heavy atom. The summed E-state index contributed by atoms with van der Waals surface area (Å²) < 4.78 is 0. The number of hydrogen-bond acceptors (Lipinski definition) is 1. The minimum atomic E-state index is 0.490. The average Bonchev–Trinajstić information content (AvgIpc) is 2.31. The topological polar surface area (TPSA) is 12.0 Å². The smallest absolute Gasteiger partial charge is 0.0296 e. The summed E-state index contributed by atoms with van der Waals surface area (Å²) in [4.78, 5) is 0. The molecule has 1 aliphatic rings. The normalized spacial score (nSPS) is 19.6. The van der Waals surface area contributed by atoms with Crippen molar-refractivity contribution >= 4 is 0 Å². The maximum Gasteiger partial charge on any atom is 0.0296 e. The van der Waals surface area contributed by atoms with Crippen LogP contribution >= 0.6 is 0 Å². The van der Waals surface area contributed by atoms with Gasteiger partial charge in [0, 0.05) is 12.1 Å². The van der Waals surface area contributed by atoms with Crippen LogP contribution < -0.4 is 5.32 Å². The van der Waals surface area contributed by atoms with E-state index in [2.05, 4.69) is 43.4 Å². The molecular weight excluding hydrogens is 194 g/mol. The molecule has 0 unspecified atom stereocenters. The Hall–Kier alpha value is -0.820. The zero-order chi connectivity index (χ0) is 11.4. The van der Waals surface area contributed by atoms with E-state index < -0.39 is 0 Å². The van der Waals surface area contributed by atoms with Crippen LogP contribution in [0, 0.1) is 6.92 Å². The number of hydrogen-bond donors (Lipinski definition) is 1. The van der Waals surface area contributed by atoms with Crippen molar-refractivity contribution < 1.29 is 0 Å². The first-order valence-electron chi connectivity index (χ1n) is 6.59. The second kappa shape index (κ2) is 5.49. The van der Waals surface area contributed by atoms with Gasteiger partial charge in [-0.15, -0.1) is 0 Å². The number of nitrogens with one attached hydrogen (secondary N) is 1. The third-order valence-corrected chi connectivity index (χ3v) is 3.75. The van der Waals surface area contributed by atoms with Crippen LogP contribution in [0.4, 0.5) is 0 Å². The quantitative estimate of drug-likeness (QED) is 0.807. The van der Waals surface area contributed by atoms with E-state index in [1.165, 1.54) is 43.2 Å². The lowest BCUT2D eigenvalue weighted by molar-refractivity contribution is 0.346. The second-order valence-electron chi connectivity index (χ2n) is 5.08. The molecule has 1 fully saturated rings. The van der Waals surface area contributed by atoms with Gasteiger partial charge in [0.05, 0.1) is 0 Å². The van der Waals surface area contributed by atoms with E-state index in [9.17, 15) is 0 Å². The summed E-state index contributed by atoms with van der Waals surface area (Å²) in [5.74, 6) is 0. The molecule has 16 heavy (non-hydrogen) atoms. The molecule has 1 atom stereocenters. The van der Waals surface area contributed by atoms with E-state index in [4.69, 9.17) is 0 Å². The molecule has 1 N–H and O–H groups in total. The molecule has 0 aromatic heterocycles. The Morgan fingerprint density at radius 2 is 1.81 bits per heavy atom. The minimum Gasteiger partial charge on any atom is -0.307 e. The van der Waals surface area contributed by atoms with Crippen molar-refractivity contribution in [1.82, 2.24) is 5.32 Å². The molecule has 1 aromatic rings. The predicted octanol–water partition coefficient (Wildman–Crippen LogP) is 3.98. The van der Waals surface area contributed by atoms with Crippen LogP contribution in [0.2, 0.25) is 0 Å². The van der Waals surface area contributed by atoms with E-state index >= 15 is 0 Å².